The molecule has 0 spiro atoms. The minimum atomic E-state index is -0.157. The standard InChI is InChI=1S/C16H24BrFN2/c1-16(2)7-5-11(6-8-16)15(20-19)9-12-3-4-13(17)10-14(12)18/h3-4,10-11,15,20H,5-9,19H2,1-2H3. The Balaban J connectivity index is 2.02. The summed E-state index contributed by atoms with van der Waals surface area (Å²) >= 11 is 3.29. The van der Waals surface area contributed by atoms with E-state index in [0.29, 0.717) is 17.8 Å². The summed E-state index contributed by atoms with van der Waals surface area (Å²) in [6.45, 7) is 4.64. The second-order valence-electron chi connectivity index (χ2n) is 6.71. The molecule has 20 heavy (non-hydrogen) atoms. The molecule has 112 valence electrons. The maximum Gasteiger partial charge on any atom is 0.127 e. The maximum absolute atomic E-state index is 13.9. The Kier molecular flexibility index (Phi) is 5.21. The second kappa shape index (κ2) is 6.54. The largest absolute Gasteiger partial charge is 0.271 e. The van der Waals surface area contributed by atoms with Gasteiger partial charge in [-0.1, -0.05) is 35.8 Å². The molecule has 1 aliphatic rings. The van der Waals surface area contributed by atoms with Crippen molar-refractivity contribution in [2.45, 2.75) is 52.0 Å². The van der Waals surface area contributed by atoms with Crippen LogP contribution in [0.4, 0.5) is 4.39 Å². The third-order valence-corrected chi connectivity index (χ3v) is 5.12. The molecule has 0 bridgehead atoms. The summed E-state index contributed by atoms with van der Waals surface area (Å²) < 4.78 is 14.7. The maximum atomic E-state index is 13.9. The van der Waals surface area contributed by atoms with Gasteiger partial charge in [-0.05, 0) is 61.1 Å². The fraction of sp³-hybridized carbons (Fsp3) is 0.625. The van der Waals surface area contributed by atoms with Crippen molar-refractivity contribution < 1.29 is 4.39 Å². The summed E-state index contributed by atoms with van der Waals surface area (Å²) in [5.74, 6) is 6.10. The van der Waals surface area contributed by atoms with E-state index in [1.54, 1.807) is 0 Å². The van der Waals surface area contributed by atoms with E-state index in [0.717, 1.165) is 10.0 Å². The monoisotopic (exact) mass is 342 g/mol. The molecule has 0 radical (unpaired) electrons. The predicted octanol–water partition coefficient (Wildman–Crippen LogP) is 4.18. The van der Waals surface area contributed by atoms with E-state index < -0.39 is 0 Å². The van der Waals surface area contributed by atoms with Crippen molar-refractivity contribution in [1.82, 2.24) is 5.43 Å². The molecule has 4 heteroatoms. The van der Waals surface area contributed by atoms with Gasteiger partial charge in [-0.2, -0.15) is 0 Å². The van der Waals surface area contributed by atoms with E-state index in [9.17, 15) is 4.39 Å². The lowest BCUT2D eigenvalue weighted by atomic mass is 9.70. The van der Waals surface area contributed by atoms with Crippen LogP contribution in [-0.4, -0.2) is 6.04 Å². The van der Waals surface area contributed by atoms with E-state index in [-0.39, 0.29) is 11.9 Å². The molecule has 3 N–H and O–H groups in total. The van der Waals surface area contributed by atoms with Gasteiger partial charge in [0.1, 0.15) is 5.82 Å². The Labute approximate surface area is 129 Å². The second-order valence-corrected chi connectivity index (χ2v) is 7.63. The van der Waals surface area contributed by atoms with Gasteiger partial charge in [-0.3, -0.25) is 11.3 Å². The SMILES string of the molecule is CC1(C)CCC(C(Cc2ccc(Br)cc2F)NN)CC1. The summed E-state index contributed by atoms with van der Waals surface area (Å²) in [7, 11) is 0. The Hall–Kier alpha value is -0.450. The molecule has 0 heterocycles. The first kappa shape index (κ1) is 15.9. The number of hydrazine groups is 1. The van der Waals surface area contributed by atoms with Gasteiger partial charge >= 0.3 is 0 Å². The fourth-order valence-electron chi connectivity index (χ4n) is 3.11. The van der Waals surface area contributed by atoms with Crippen LogP contribution in [0.3, 0.4) is 0 Å². The molecule has 1 aliphatic carbocycles. The van der Waals surface area contributed by atoms with Crippen LogP contribution < -0.4 is 11.3 Å². The average Bonchev–Trinajstić information content (AvgIpc) is 2.39. The van der Waals surface area contributed by atoms with Gasteiger partial charge in [0.05, 0.1) is 0 Å². The van der Waals surface area contributed by atoms with E-state index in [1.165, 1.54) is 31.7 Å². The average molecular weight is 343 g/mol. The Morgan fingerprint density at radius 3 is 2.60 bits per heavy atom. The topological polar surface area (TPSA) is 38.0 Å². The minimum absolute atomic E-state index is 0.154. The molecule has 1 unspecified atom stereocenters. The molecule has 0 aliphatic heterocycles. The van der Waals surface area contributed by atoms with Crippen LogP contribution in [0.25, 0.3) is 0 Å². The van der Waals surface area contributed by atoms with Crippen molar-refractivity contribution in [1.29, 1.82) is 0 Å². The van der Waals surface area contributed by atoms with Gasteiger partial charge in [0.2, 0.25) is 0 Å². The predicted molar refractivity (Wildman–Crippen MR) is 84.7 cm³/mol. The number of hydrogen-bond donors (Lipinski definition) is 2. The first-order valence-electron chi connectivity index (χ1n) is 7.31. The first-order valence-corrected chi connectivity index (χ1v) is 8.11. The molecule has 0 amide bonds. The van der Waals surface area contributed by atoms with Crippen molar-refractivity contribution in [2.75, 3.05) is 0 Å². The summed E-state index contributed by atoms with van der Waals surface area (Å²) in [5, 5.41) is 0. The lowest BCUT2D eigenvalue weighted by Gasteiger charge is -2.38. The van der Waals surface area contributed by atoms with Gasteiger partial charge < -0.3 is 0 Å². The van der Waals surface area contributed by atoms with Crippen LogP contribution >= 0.6 is 15.9 Å². The highest BCUT2D eigenvalue weighted by atomic mass is 79.9. The van der Waals surface area contributed by atoms with E-state index in [2.05, 4.69) is 35.2 Å². The van der Waals surface area contributed by atoms with Gasteiger partial charge in [0.25, 0.3) is 0 Å². The third-order valence-electron chi connectivity index (χ3n) is 4.62. The van der Waals surface area contributed by atoms with Crippen LogP contribution in [-0.2, 0) is 6.42 Å². The molecule has 1 fully saturated rings. The van der Waals surface area contributed by atoms with Gasteiger partial charge in [-0.25, -0.2) is 4.39 Å². The highest BCUT2D eigenvalue weighted by molar-refractivity contribution is 9.10. The van der Waals surface area contributed by atoms with Crippen LogP contribution in [0, 0.1) is 17.2 Å². The molecule has 0 saturated heterocycles. The quantitative estimate of drug-likeness (QED) is 0.636. The lowest BCUT2D eigenvalue weighted by molar-refractivity contribution is 0.160. The number of benzene rings is 1. The molecule has 2 nitrogen and oxygen atoms in total. The third kappa shape index (κ3) is 4.03. The first-order chi connectivity index (χ1) is 9.41. The molecule has 2 rings (SSSR count). The number of rotatable bonds is 4. The minimum Gasteiger partial charge on any atom is -0.271 e. The Morgan fingerprint density at radius 2 is 2.05 bits per heavy atom. The fourth-order valence-corrected chi connectivity index (χ4v) is 3.44. The molecule has 1 saturated carbocycles. The van der Waals surface area contributed by atoms with E-state index in [1.807, 2.05) is 12.1 Å². The smallest absolute Gasteiger partial charge is 0.127 e. The van der Waals surface area contributed by atoms with Crippen LogP contribution in [0.5, 0.6) is 0 Å². The molecular weight excluding hydrogens is 319 g/mol. The van der Waals surface area contributed by atoms with Gasteiger partial charge in [0, 0.05) is 10.5 Å². The summed E-state index contributed by atoms with van der Waals surface area (Å²) in [5.41, 5.74) is 4.09. The molecule has 0 aromatic heterocycles. The molecular formula is C16H24BrFN2. The van der Waals surface area contributed by atoms with Crippen LogP contribution in [0.15, 0.2) is 22.7 Å². The van der Waals surface area contributed by atoms with Crippen molar-refractivity contribution in [3.05, 3.63) is 34.1 Å². The normalized spacial score (nSPS) is 20.9. The zero-order valence-corrected chi connectivity index (χ0v) is 13.8. The Bertz CT molecular complexity index is 452. The van der Waals surface area contributed by atoms with Crippen molar-refractivity contribution in [3.8, 4) is 0 Å². The summed E-state index contributed by atoms with van der Waals surface area (Å²) in [6.07, 6.45) is 5.43. The lowest BCUT2D eigenvalue weighted by Crippen LogP contribution is -2.44. The number of halogens is 2. The van der Waals surface area contributed by atoms with Crippen LogP contribution in [0.1, 0.15) is 45.1 Å². The van der Waals surface area contributed by atoms with Crippen molar-refractivity contribution in [2.24, 2.45) is 17.2 Å². The zero-order valence-electron chi connectivity index (χ0n) is 12.3. The number of hydrogen-bond acceptors (Lipinski definition) is 2. The van der Waals surface area contributed by atoms with Crippen molar-refractivity contribution in [3.63, 3.8) is 0 Å². The number of nitrogens with two attached hydrogens (primary N) is 1. The van der Waals surface area contributed by atoms with Crippen molar-refractivity contribution >= 4 is 15.9 Å². The zero-order chi connectivity index (χ0) is 14.8. The number of nitrogens with one attached hydrogen (secondary N) is 1. The van der Waals surface area contributed by atoms with E-state index in [4.69, 9.17) is 5.84 Å². The molecule has 1 aromatic carbocycles. The van der Waals surface area contributed by atoms with Crippen LogP contribution in [0.2, 0.25) is 0 Å². The van der Waals surface area contributed by atoms with Gasteiger partial charge in [0.15, 0.2) is 0 Å². The highest BCUT2D eigenvalue weighted by Gasteiger charge is 2.31. The highest BCUT2D eigenvalue weighted by Crippen LogP contribution is 2.39. The summed E-state index contributed by atoms with van der Waals surface area (Å²) in [6, 6.07) is 5.40. The van der Waals surface area contributed by atoms with E-state index >= 15 is 0 Å². The molecule has 1 atom stereocenters. The Morgan fingerprint density at radius 1 is 1.40 bits per heavy atom. The summed E-state index contributed by atoms with van der Waals surface area (Å²) in [4.78, 5) is 0. The van der Waals surface area contributed by atoms with Gasteiger partial charge in [-0.15, -0.1) is 0 Å². The molecule has 1 aromatic rings.